The molecule has 0 radical (unpaired) electrons. The van der Waals surface area contributed by atoms with Crippen molar-refractivity contribution < 1.29 is 14.0 Å². The molecule has 2 amide bonds. The maximum atomic E-state index is 13.5. The zero-order valence-electron chi connectivity index (χ0n) is 17.5. The lowest BCUT2D eigenvalue weighted by Gasteiger charge is -2.38. The number of amides is 2. The second-order valence-electron chi connectivity index (χ2n) is 9.20. The van der Waals surface area contributed by atoms with E-state index in [1.165, 1.54) is 0 Å². The second kappa shape index (κ2) is 7.69. The number of piperidine rings is 1. The van der Waals surface area contributed by atoms with Crippen LogP contribution in [0.1, 0.15) is 74.3 Å². The fourth-order valence-electron chi connectivity index (χ4n) is 4.77. The van der Waals surface area contributed by atoms with Crippen LogP contribution in [0.25, 0.3) is 0 Å². The molecule has 0 spiro atoms. The molecule has 2 heterocycles. The van der Waals surface area contributed by atoms with Gasteiger partial charge in [0.1, 0.15) is 17.6 Å². The van der Waals surface area contributed by atoms with E-state index in [-0.39, 0.29) is 23.3 Å². The van der Waals surface area contributed by atoms with E-state index >= 15 is 0 Å². The Hall–Kier alpha value is -2.56. The van der Waals surface area contributed by atoms with Gasteiger partial charge in [-0.2, -0.15) is 0 Å². The van der Waals surface area contributed by atoms with Crippen molar-refractivity contribution in [2.45, 2.75) is 65.0 Å². The molecule has 4 rings (SSSR count). The predicted octanol–water partition coefficient (Wildman–Crippen LogP) is 4.47. The molecule has 154 valence electrons. The van der Waals surface area contributed by atoms with Crippen LogP contribution in [0.2, 0.25) is 0 Å². The Bertz CT molecular complexity index is 900. The van der Waals surface area contributed by atoms with E-state index in [1.807, 2.05) is 43.3 Å². The van der Waals surface area contributed by atoms with E-state index in [2.05, 4.69) is 19.2 Å². The highest BCUT2D eigenvalue weighted by atomic mass is 16.3. The summed E-state index contributed by atoms with van der Waals surface area (Å²) in [6, 6.07) is 11.0. The lowest BCUT2D eigenvalue weighted by Crippen LogP contribution is -2.47. The number of nitrogens with one attached hydrogen (secondary N) is 1. The van der Waals surface area contributed by atoms with Crippen molar-refractivity contribution in [1.29, 1.82) is 0 Å². The fraction of sp³-hybridized carbons (Fsp3) is 0.500. The van der Waals surface area contributed by atoms with Crippen molar-refractivity contribution in [3.63, 3.8) is 0 Å². The molecule has 2 aliphatic rings. The lowest BCUT2D eigenvalue weighted by molar-refractivity contribution is -0.143. The molecule has 1 fully saturated rings. The molecule has 1 saturated heterocycles. The monoisotopic (exact) mass is 394 g/mol. The summed E-state index contributed by atoms with van der Waals surface area (Å²) in [7, 11) is 0. The maximum Gasteiger partial charge on any atom is 0.247 e. The van der Waals surface area contributed by atoms with Crippen molar-refractivity contribution in [1.82, 2.24) is 10.2 Å². The molecular weight excluding hydrogens is 364 g/mol. The summed E-state index contributed by atoms with van der Waals surface area (Å²) >= 11 is 0. The van der Waals surface area contributed by atoms with Crippen molar-refractivity contribution in [2.75, 3.05) is 6.54 Å². The van der Waals surface area contributed by atoms with E-state index in [9.17, 15) is 9.59 Å². The van der Waals surface area contributed by atoms with Gasteiger partial charge in [0.25, 0.3) is 0 Å². The van der Waals surface area contributed by atoms with E-state index in [1.54, 1.807) is 4.90 Å². The molecule has 0 bridgehead atoms. The Balaban J connectivity index is 1.64. The van der Waals surface area contributed by atoms with Crippen LogP contribution in [0.15, 0.2) is 40.8 Å². The molecule has 5 nitrogen and oxygen atoms in total. The van der Waals surface area contributed by atoms with Crippen LogP contribution < -0.4 is 5.32 Å². The Labute approximate surface area is 172 Å². The largest absolute Gasteiger partial charge is 0.466 e. The van der Waals surface area contributed by atoms with Gasteiger partial charge in [0.15, 0.2) is 0 Å². The second-order valence-corrected chi connectivity index (χ2v) is 9.20. The van der Waals surface area contributed by atoms with Crippen molar-refractivity contribution in [3.05, 3.63) is 59.0 Å². The third kappa shape index (κ3) is 4.09. The van der Waals surface area contributed by atoms with Gasteiger partial charge < -0.3 is 14.6 Å². The Morgan fingerprint density at radius 3 is 2.72 bits per heavy atom. The number of rotatable bonds is 4. The van der Waals surface area contributed by atoms with Gasteiger partial charge in [0, 0.05) is 24.9 Å². The average Bonchev–Trinajstić information content (AvgIpc) is 3.03. The summed E-state index contributed by atoms with van der Waals surface area (Å²) in [5, 5.41) is 3.27. The summed E-state index contributed by atoms with van der Waals surface area (Å²) < 4.78 is 5.92. The van der Waals surface area contributed by atoms with E-state index in [4.69, 9.17) is 4.42 Å². The molecule has 1 aliphatic carbocycles. The topological polar surface area (TPSA) is 62.6 Å². The van der Waals surface area contributed by atoms with Crippen LogP contribution in [0, 0.1) is 12.3 Å². The number of hydrogen-bond acceptors (Lipinski definition) is 3. The molecule has 2 atom stereocenters. The number of nitrogens with zero attached hydrogens (tertiary/aromatic N) is 1. The Morgan fingerprint density at radius 2 is 2.00 bits per heavy atom. The Morgan fingerprint density at radius 1 is 1.24 bits per heavy atom. The van der Waals surface area contributed by atoms with E-state index in [0.717, 1.165) is 48.3 Å². The SMILES string of the molecule is Cc1cc2c(o1)CC(C)(C)CC2NC(=O)C(c1ccccc1)N1CCCCC1=O. The molecule has 1 N–H and O–H groups in total. The molecule has 2 unspecified atom stereocenters. The van der Waals surface area contributed by atoms with Gasteiger partial charge in [-0.3, -0.25) is 9.59 Å². The molecule has 0 saturated carbocycles. The molecular formula is C24H30N2O3. The summed E-state index contributed by atoms with van der Waals surface area (Å²) in [4.78, 5) is 27.9. The number of aryl methyl sites for hydroxylation is 1. The quantitative estimate of drug-likeness (QED) is 0.832. The smallest absolute Gasteiger partial charge is 0.247 e. The molecule has 5 heteroatoms. The molecule has 1 aromatic carbocycles. The van der Waals surface area contributed by atoms with E-state index in [0.29, 0.717) is 13.0 Å². The van der Waals surface area contributed by atoms with Gasteiger partial charge in [-0.25, -0.2) is 0 Å². The minimum Gasteiger partial charge on any atom is -0.466 e. The maximum absolute atomic E-state index is 13.5. The number of fused-ring (bicyclic) bond motifs is 1. The first-order chi connectivity index (χ1) is 13.8. The number of hydrogen-bond donors (Lipinski definition) is 1. The van der Waals surface area contributed by atoms with Crippen LogP contribution in [-0.4, -0.2) is 23.3 Å². The van der Waals surface area contributed by atoms with Crippen molar-refractivity contribution in [3.8, 4) is 0 Å². The summed E-state index contributed by atoms with van der Waals surface area (Å²) in [5.41, 5.74) is 1.98. The van der Waals surface area contributed by atoms with Gasteiger partial charge in [-0.15, -0.1) is 0 Å². The van der Waals surface area contributed by atoms with E-state index < -0.39 is 6.04 Å². The van der Waals surface area contributed by atoms with Gasteiger partial charge >= 0.3 is 0 Å². The van der Waals surface area contributed by atoms with Gasteiger partial charge in [0.05, 0.1) is 6.04 Å². The zero-order chi connectivity index (χ0) is 20.6. The predicted molar refractivity (Wildman–Crippen MR) is 111 cm³/mol. The number of benzene rings is 1. The lowest BCUT2D eigenvalue weighted by atomic mass is 9.74. The number of furan rings is 1. The molecule has 29 heavy (non-hydrogen) atoms. The minimum absolute atomic E-state index is 0.0401. The highest BCUT2D eigenvalue weighted by molar-refractivity contribution is 5.89. The number of likely N-dealkylation sites (tertiary alicyclic amines) is 1. The normalized spacial score (nSPS) is 22.1. The standard InChI is InChI=1S/C24H30N2O3/c1-16-13-18-19(14-24(2,3)15-20(18)29-16)25-23(28)22(17-9-5-4-6-10-17)26-12-8-7-11-21(26)27/h4-6,9-10,13,19,22H,7-8,11-12,14-15H2,1-3H3,(H,25,28). The molecule has 2 aromatic rings. The zero-order valence-corrected chi connectivity index (χ0v) is 17.5. The van der Waals surface area contributed by atoms with Crippen LogP contribution >= 0.6 is 0 Å². The van der Waals surface area contributed by atoms with Crippen molar-refractivity contribution in [2.24, 2.45) is 5.41 Å². The van der Waals surface area contributed by atoms with Crippen LogP contribution in [0.3, 0.4) is 0 Å². The first kappa shape index (κ1) is 19.7. The third-order valence-electron chi connectivity index (χ3n) is 6.09. The third-order valence-corrected chi connectivity index (χ3v) is 6.09. The van der Waals surface area contributed by atoms with Crippen LogP contribution in [-0.2, 0) is 16.0 Å². The highest BCUT2D eigenvalue weighted by Gasteiger charge is 2.38. The number of carbonyl (C=O) groups is 2. The fourth-order valence-corrected chi connectivity index (χ4v) is 4.77. The van der Waals surface area contributed by atoms with Gasteiger partial charge in [-0.1, -0.05) is 44.2 Å². The number of carbonyl (C=O) groups excluding carboxylic acids is 2. The summed E-state index contributed by atoms with van der Waals surface area (Å²) in [6.45, 7) is 6.98. The first-order valence-electron chi connectivity index (χ1n) is 10.6. The summed E-state index contributed by atoms with van der Waals surface area (Å²) in [6.07, 6.45) is 4.06. The molecule has 1 aliphatic heterocycles. The summed E-state index contributed by atoms with van der Waals surface area (Å²) in [5.74, 6) is 1.79. The van der Waals surface area contributed by atoms with Gasteiger partial charge in [-0.05, 0) is 43.2 Å². The van der Waals surface area contributed by atoms with Crippen LogP contribution in [0.4, 0.5) is 0 Å². The average molecular weight is 395 g/mol. The Kier molecular flexibility index (Phi) is 5.24. The van der Waals surface area contributed by atoms with Crippen LogP contribution in [0.5, 0.6) is 0 Å². The minimum atomic E-state index is -0.592. The van der Waals surface area contributed by atoms with Gasteiger partial charge in [0.2, 0.25) is 11.8 Å². The first-order valence-corrected chi connectivity index (χ1v) is 10.6. The molecule has 1 aromatic heterocycles. The van der Waals surface area contributed by atoms with Crippen molar-refractivity contribution >= 4 is 11.8 Å². The highest BCUT2D eigenvalue weighted by Crippen LogP contribution is 2.42.